The van der Waals surface area contributed by atoms with E-state index >= 15 is 0 Å². The van der Waals surface area contributed by atoms with E-state index in [2.05, 4.69) is 38.1 Å². The van der Waals surface area contributed by atoms with Gasteiger partial charge >= 0.3 is 0 Å². The van der Waals surface area contributed by atoms with Gasteiger partial charge in [0.2, 0.25) is 3.79 Å². The predicted octanol–water partition coefficient (Wildman–Crippen LogP) is 5.82. The van der Waals surface area contributed by atoms with E-state index < -0.39 is 3.79 Å². The van der Waals surface area contributed by atoms with Crippen molar-refractivity contribution in [3.05, 3.63) is 71.3 Å². The largest absolute Gasteiger partial charge is 0.216 e. The Labute approximate surface area is 123 Å². The molecule has 0 aliphatic heterocycles. The van der Waals surface area contributed by atoms with Crippen molar-refractivity contribution in [2.24, 2.45) is 0 Å². The molecule has 0 saturated carbocycles. The molecule has 2 aromatic rings. The number of aryl methyl sites for hydroxylation is 2. The zero-order chi connectivity index (χ0) is 13.6. The van der Waals surface area contributed by atoms with Crippen LogP contribution in [0.25, 0.3) is 0 Å². The molecule has 96 valence electrons. The van der Waals surface area contributed by atoms with E-state index in [0.29, 0.717) is 5.56 Å². The molecule has 0 N–H and O–H groups in total. The first-order valence-electron chi connectivity index (χ1n) is 5.55. The Kier molecular flexibility index (Phi) is 6.01. The van der Waals surface area contributed by atoms with Gasteiger partial charge in [0.05, 0.1) is 0 Å². The van der Waals surface area contributed by atoms with Gasteiger partial charge in [-0.3, -0.25) is 0 Å². The summed E-state index contributed by atoms with van der Waals surface area (Å²) in [4.78, 5) is 0. The minimum absolute atomic E-state index is 0.694. The molecule has 0 heterocycles. The van der Waals surface area contributed by atoms with E-state index in [1.54, 1.807) is 12.1 Å². The second-order valence-corrected chi connectivity index (χ2v) is 6.30. The summed E-state index contributed by atoms with van der Waals surface area (Å²) < 4.78 is -1.29. The number of rotatable bonds is 0. The van der Waals surface area contributed by atoms with E-state index in [1.807, 2.05) is 18.2 Å². The summed E-state index contributed by atoms with van der Waals surface area (Å²) in [6, 6.07) is 17.6. The van der Waals surface area contributed by atoms with Crippen molar-refractivity contribution in [2.75, 3.05) is 0 Å². The van der Waals surface area contributed by atoms with Crippen molar-refractivity contribution < 1.29 is 0 Å². The smallest absolute Gasteiger partial charge is 0.0784 e. The van der Waals surface area contributed by atoms with Crippen LogP contribution in [0.15, 0.2) is 54.6 Å². The van der Waals surface area contributed by atoms with E-state index in [-0.39, 0.29) is 0 Å². The number of hydrogen-bond donors (Lipinski definition) is 0. The molecule has 2 aromatic carbocycles. The van der Waals surface area contributed by atoms with Crippen molar-refractivity contribution in [3.8, 4) is 0 Å². The highest BCUT2D eigenvalue weighted by atomic mass is 35.6. The first-order valence-corrected chi connectivity index (χ1v) is 6.68. The lowest BCUT2D eigenvalue weighted by Crippen LogP contribution is -1.98. The SMILES string of the molecule is Cc1ccc(C)cc1.ClC(Cl)(Cl)c1ccccc1. The summed E-state index contributed by atoms with van der Waals surface area (Å²) in [6.07, 6.45) is 0. The molecule has 0 nitrogen and oxygen atoms in total. The molecule has 0 radical (unpaired) electrons. The van der Waals surface area contributed by atoms with E-state index in [4.69, 9.17) is 34.8 Å². The molecule has 3 heteroatoms. The fourth-order valence-corrected chi connectivity index (χ4v) is 1.64. The Morgan fingerprint density at radius 1 is 0.667 bits per heavy atom. The van der Waals surface area contributed by atoms with Crippen molar-refractivity contribution in [1.29, 1.82) is 0 Å². The molecular weight excluding hydrogens is 287 g/mol. The van der Waals surface area contributed by atoms with E-state index in [0.717, 1.165) is 0 Å². The van der Waals surface area contributed by atoms with Gasteiger partial charge in [0, 0.05) is 5.56 Å². The van der Waals surface area contributed by atoms with Crippen LogP contribution in [0.5, 0.6) is 0 Å². The van der Waals surface area contributed by atoms with Gasteiger partial charge in [-0.1, -0.05) is 101 Å². The Morgan fingerprint density at radius 2 is 1.06 bits per heavy atom. The van der Waals surface area contributed by atoms with Gasteiger partial charge in [0.1, 0.15) is 0 Å². The molecule has 0 aromatic heterocycles. The van der Waals surface area contributed by atoms with Gasteiger partial charge < -0.3 is 0 Å². The number of hydrogen-bond acceptors (Lipinski definition) is 0. The molecule has 0 aliphatic carbocycles. The Hall–Kier alpha value is -0.690. The van der Waals surface area contributed by atoms with Gasteiger partial charge in [0.15, 0.2) is 0 Å². The van der Waals surface area contributed by atoms with Crippen LogP contribution in [0.3, 0.4) is 0 Å². The molecule has 18 heavy (non-hydrogen) atoms. The normalized spacial score (nSPS) is 10.5. The van der Waals surface area contributed by atoms with Crippen LogP contribution in [-0.4, -0.2) is 0 Å². The van der Waals surface area contributed by atoms with Gasteiger partial charge in [-0.2, -0.15) is 0 Å². The van der Waals surface area contributed by atoms with Crippen LogP contribution in [-0.2, 0) is 3.79 Å². The highest BCUT2D eigenvalue weighted by molar-refractivity contribution is 6.66. The quantitative estimate of drug-likeness (QED) is 0.538. The minimum Gasteiger partial charge on any atom is -0.0784 e. The van der Waals surface area contributed by atoms with Crippen LogP contribution in [0.2, 0.25) is 0 Å². The highest BCUT2D eigenvalue weighted by Gasteiger charge is 2.21. The third-order valence-corrected chi connectivity index (χ3v) is 2.97. The topological polar surface area (TPSA) is 0 Å². The predicted molar refractivity (Wildman–Crippen MR) is 81.6 cm³/mol. The van der Waals surface area contributed by atoms with Crippen molar-refractivity contribution >= 4 is 34.8 Å². The van der Waals surface area contributed by atoms with E-state index in [9.17, 15) is 0 Å². The molecule has 0 unspecified atom stereocenters. The maximum Gasteiger partial charge on any atom is 0.216 e. The molecule has 0 aliphatic rings. The Balaban J connectivity index is 0.000000184. The summed E-state index contributed by atoms with van der Waals surface area (Å²) in [5.41, 5.74) is 3.35. The third kappa shape index (κ3) is 5.77. The van der Waals surface area contributed by atoms with Crippen LogP contribution in [0.4, 0.5) is 0 Å². The second kappa shape index (κ2) is 7.04. The van der Waals surface area contributed by atoms with Gasteiger partial charge in [0.25, 0.3) is 0 Å². The van der Waals surface area contributed by atoms with Gasteiger partial charge in [-0.25, -0.2) is 0 Å². The second-order valence-electron chi connectivity index (χ2n) is 4.02. The molecule has 2 rings (SSSR count). The number of halogens is 3. The monoisotopic (exact) mass is 300 g/mol. The highest BCUT2D eigenvalue weighted by Crippen LogP contribution is 2.37. The van der Waals surface area contributed by atoms with Crippen molar-refractivity contribution in [2.45, 2.75) is 17.6 Å². The fraction of sp³-hybridized carbons (Fsp3) is 0.200. The minimum atomic E-state index is -1.29. The average molecular weight is 302 g/mol. The molecule has 0 saturated heterocycles. The molecular formula is C15H15Cl3. The zero-order valence-electron chi connectivity index (χ0n) is 10.3. The third-order valence-electron chi connectivity index (χ3n) is 2.32. The summed E-state index contributed by atoms with van der Waals surface area (Å²) in [5.74, 6) is 0. The molecule has 0 amide bonds. The van der Waals surface area contributed by atoms with Crippen molar-refractivity contribution in [1.82, 2.24) is 0 Å². The molecule has 0 atom stereocenters. The summed E-state index contributed by atoms with van der Waals surface area (Å²) >= 11 is 16.8. The van der Waals surface area contributed by atoms with Crippen LogP contribution < -0.4 is 0 Å². The number of alkyl halides is 3. The first-order chi connectivity index (χ1) is 8.39. The van der Waals surface area contributed by atoms with Crippen LogP contribution in [0, 0.1) is 13.8 Å². The van der Waals surface area contributed by atoms with Gasteiger partial charge in [-0.05, 0) is 13.8 Å². The maximum absolute atomic E-state index is 5.59. The molecule has 0 fully saturated rings. The van der Waals surface area contributed by atoms with Crippen molar-refractivity contribution in [3.63, 3.8) is 0 Å². The lowest BCUT2D eigenvalue weighted by Gasteiger charge is -2.09. The average Bonchev–Trinajstić information content (AvgIpc) is 2.34. The summed E-state index contributed by atoms with van der Waals surface area (Å²) in [6.45, 7) is 4.19. The molecule has 0 bridgehead atoms. The van der Waals surface area contributed by atoms with Crippen LogP contribution in [0.1, 0.15) is 16.7 Å². The zero-order valence-corrected chi connectivity index (χ0v) is 12.6. The standard InChI is InChI=1S/C8H10.C7H5Cl3/c1-7-3-5-8(2)6-4-7;8-7(9,10)6-4-2-1-3-5-6/h3-6H,1-2H3;1-5H. The van der Waals surface area contributed by atoms with E-state index in [1.165, 1.54) is 11.1 Å². The lowest BCUT2D eigenvalue weighted by molar-refractivity contribution is 1.24. The van der Waals surface area contributed by atoms with Crippen LogP contribution >= 0.6 is 34.8 Å². The maximum atomic E-state index is 5.59. The molecule has 0 spiro atoms. The first kappa shape index (κ1) is 15.4. The fourth-order valence-electron chi connectivity index (χ4n) is 1.26. The summed E-state index contributed by atoms with van der Waals surface area (Å²) in [7, 11) is 0. The Bertz CT molecular complexity index is 434. The lowest BCUT2D eigenvalue weighted by atomic mass is 10.2. The Morgan fingerprint density at radius 3 is 1.33 bits per heavy atom. The number of benzene rings is 2. The summed E-state index contributed by atoms with van der Waals surface area (Å²) in [5, 5.41) is 0. The van der Waals surface area contributed by atoms with Gasteiger partial charge in [-0.15, -0.1) is 0 Å².